The van der Waals surface area contributed by atoms with Crippen LogP contribution in [0.4, 0.5) is 0 Å². The first-order valence-corrected chi connectivity index (χ1v) is 6.29. The highest BCUT2D eigenvalue weighted by molar-refractivity contribution is 5.55. The SMILES string of the molecule is COc1ccc(-c2noc(C[NH2+]C(C)(C)C)n2)cc1. The summed E-state index contributed by atoms with van der Waals surface area (Å²) in [6.45, 7) is 7.13. The molecule has 5 heteroatoms. The fraction of sp³-hybridized carbons (Fsp3) is 0.429. The summed E-state index contributed by atoms with van der Waals surface area (Å²) in [5.41, 5.74) is 1.07. The Hall–Kier alpha value is -1.88. The molecule has 2 N–H and O–H groups in total. The summed E-state index contributed by atoms with van der Waals surface area (Å²) in [5.74, 6) is 2.06. The number of rotatable bonds is 4. The van der Waals surface area contributed by atoms with Crippen LogP contribution < -0.4 is 10.1 Å². The molecule has 0 unspecified atom stereocenters. The van der Waals surface area contributed by atoms with Gasteiger partial charge in [0.25, 0.3) is 5.89 Å². The Morgan fingerprint density at radius 2 is 1.89 bits per heavy atom. The second kappa shape index (κ2) is 5.40. The Bertz CT molecular complexity index is 526. The van der Waals surface area contributed by atoms with E-state index in [0.29, 0.717) is 18.3 Å². The van der Waals surface area contributed by atoms with Gasteiger partial charge in [-0.15, -0.1) is 0 Å². The van der Waals surface area contributed by atoms with E-state index in [1.807, 2.05) is 24.3 Å². The normalized spacial score (nSPS) is 11.6. The molecule has 0 radical (unpaired) electrons. The van der Waals surface area contributed by atoms with Gasteiger partial charge in [-0.05, 0) is 45.0 Å². The second-order valence-corrected chi connectivity index (χ2v) is 5.51. The Morgan fingerprint density at radius 3 is 2.47 bits per heavy atom. The smallest absolute Gasteiger partial charge is 0.282 e. The highest BCUT2D eigenvalue weighted by atomic mass is 16.5. The van der Waals surface area contributed by atoms with Crippen LogP contribution in [0.3, 0.4) is 0 Å². The maximum Gasteiger partial charge on any atom is 0.282 e. The number of ether oxygens (including phenoxy) is 1. The van der Waals surface area contributed by atoms with Crippen LogP contribution in [0, 0.1) is 0 Å². The molecule has 0 bridgehead atoms. The number of nitrogens with zero attached hydrogens (tertiary/aromatic N) is 2. The van der Waals surface area contributed by atoms with Crippen LogP contribution in [0.15, 0.2) is 28.8 Å². The lowest BCUT2D eigenvalue weighted by molar-refractivity contribution is -0.733. The summed E-state index contributed by atoms with van der Waals surface area (Å²) in [6, 6.07) is 7.60. The predicted molar refractivity (Wildman–Crippen MR) is 71.7 cm³/mol. The van der Waals surface area contributed by atoms with Crippen molar-refractivity contribution in [2.75, 3.05) is 7.11 Å². The highest BCUT2D eigenvalue weighted by Gasteiger charge is 2.16. The highest BCUT2D eigenvalue weighted by Crippen LogP contribution is 2.19. The first kappa shape index (κ1) is 13.5. The van der Waals surface area contributed by atoms with E-state index in [2.05, 4.69) is 36.2 Å². The quantitative estimate of drug-likeness (QED) is 0.909. The number of benzene rings is 1. The van der Waals surface area contributed by atoms with Crippen LogP contribution in [0.5, 0.6) is 5.75 Å². The van der Waals surface area contributed by atoms with Crippen molar-refractivity contribution in [2.45, 2.75) is 32.9 Å². The maximum atomic E-state index is 5.25. The standard InChI is InChI=1S/C14H19N3O2/c1-14(2,3)15-9-12-16-13(17-19-12)10-5-7-11(18-4)8-6-10/h5-8,15H,9H2,1-4H3/p+1. The van der Waals surface area contributed by atoms with Crippen molar-refractivity contribution in [1.82, 2.24) is 10.1 Å². The number of hydrogen-bond donors (Lipinski definition) is 1. The van der Waals surface area contributed by atoms with Gasteiger partial charge in [0.2, 0.25) is 5.82 Å². The molecule has 2 rings (SSSR count). The minimum atomic E-state index is 0.148. The van der Waals surface area contributed by atoms with Gasteiger partial charge in [-0.2, -0.15) is 4.98 Å². The molecule has 0 aliphatic heterocycles. The van der Waals surface area contributed by atoms with Crippen molar-refractivity contribution in [1.29, 1.82) is 0 Å². The number of aromatic nitrogens is 2. The van der Waals surface area contributed by atoms with Crippen LogP contribution in [0.1, 0.15) is 26.7 Å². The Morgan fingerprint density at radius 1 is 1.21 bits per heavy atom. The molecule has 1 aromatic heterocycles. The van der Waals surface area contributed by atoms with Gasteiger partial charge in [0.1, 0.15) is 5.75 Å². The molecule has 5 nitrogen and oxygen atoms in total. The number of quaternary nitrogens is 1. The van der Waals surface area contributed by atoms with Crippen molar-refractivity contribution in [2.24, 2.45) is 0 Å². The van der Waals surface area contributed by atoms with Crippen molar-refractivity contribution >= 4 is 0 Å². The third-order valence-electron chi connectivity index (χ3n) is 2.71. The molecule has 1 heterocycles. The molecule has 2 aromatic rings. The second-order valence-electron chi connectivity index (χ2n) is 5.51. The topological polar surface area (TPSA) is 64.8 Å². The predicted octanol–water partition coefficient (Wildman–Crippen LogP) is 1.61. The summed E-state index contributed by atoms with van der Waals surface area (Å²) in [5, 5.41) is 6.16. The summed E-state index contributed by atoms with van der Waals surface area (Å²) in [4.78, 5) is 4.39. The number of hydrogen-bond acceptors (Lipinski definition) is 4. The van der Waals surface area contributed by atoms with E-state index in [0.717, 1.165) is 11.3 Å². The van der Waals surface area contributed by atoms with Gasteiger partial charge in [0.15, 0.2) is 6.54 Å². The van der Waals surface area contributed by atoms with Gasteiger partial charge in [-0.25, -0.2) is 0 Å². The van der Waals surface area contributed by atoms with Gasteiger partial charge < -0.3 is 14.6 Å². The minimum absolute atomic E-state index is 0.148. The molecule has 0 aliphatic carbocycles. The van der Waals surface area contributed by atoms with Crippen LogP contribution in [0.2, 0.25) is 0 Å². The maximum absolute atomic E-state index is 5.25. The Balaban J connectivity index is 2.07. The molecule has 0 aliphatic rings. The number of methoxy groups -OCH3 is 1. The monoisotopic (exact) mass is 262 g/mol. The zero-order valence-electron chi connectivity index (χ0n) is 11.8. The Kier molecular flexibility index (Phi) is 3.85. The molecule has 0 spiro atoms. The van der Waals surface area contributed by atoms with E-state index in [1.54, 1.807) is 7.11 Å². The largest absolute Gasteiger partial charge is 0.497 e. The molecule has 0 saturated carbocycles. The average Bonchev–Trinajstić information content (AvgIpc) is 2.84. The van der Waals surface area contributed by atoms with Crippen LogP contribution >= 0.6 is 0 Å². The fourth-order valence-corrected chi connectivity index (χ4v) is 1.59. The molecule has 102 valence electrons. The van der Waals surface area contributed by atoms with E-state index in [-0.39, 0.29) is 5.54 Å². The lowest BCUT2D eigenvalue weighted by Crippen LogP contribution is -2.93. The van der Waals surface area contributed by atoms with Crippen LogP contribution in [-0.4, -0.2) is 22.8 Å². The first-order chi connectivity index (χ1) is 8.98. The molecular weight excluding hydrogens is 242 g/mol. The molecule has 0 atom stereocenters. The van der Waals surface area contributed by atoms with Gasteiger partial charge in [0.05, 0.1) is 12.6 Å². The lowest BCUT2D eigenvalue weighted by Gasteiger charge is -2.14. The third-order valence-corrected chi connectivity index (χ3v) is 2.71. The average molecular weight is 262 g/mol. The molecule has 0 fully saturated rings. The molecule has 0 amide bonds. The summed E-state index contributed by atoms with van der Waals surface area (Å²) >= 11 is 0. The summed E-state index contributed by atoms with van der Waals surface area (Å²) < 4.78 is 10.4. The van der Waals surface area contributed by atoms with Crippen LogP contribution in [-0.2, 0) is 6.54 Å². The number of nitrogens with two attached hydrogens (primary N) is 1. The molecular formula is C14H20N3O2+. The van der Waals surface area contributed by atoms with Crippen molar-refractivity contribution in [3.63, 3.8) is 0 Å². The van der Waals surface area contributed by atoms with E-state index in [9.17, 15) is 0 Å². The van der Waals surface area contributed by atoms with E-state index >= 15 is 0 Å². The Labute approximate surface area is 113 Å². The van der Waals surface area contributed by atoms with Crippen molar-refractivity contribution < 1.29 is 14.6 Å². The van der Waals surface area contributed by atoms with E-state index in [1.165, 1.54) is 0 Å². The van der Waals surface area contributed by atoms with Gasteiger partial charge in [-0.3, -0.25) is 0 Å². The fourth-order valence-electron chi connectivity index (χ4n) is 1.59. The van der Waals surface area contributed by atoms with E-state index in [4.69, 9.17) is 9.26 Å². The molecule has 19 heavy (non-hydrogen) atoms. The lowest BCUT2D eigenvalue weighted by atomic mass is 10.1. The third kappa shape index (κ3) is 3.79. The molecule has 0 saturated heterocycles. The van der Waals surface area contributed by atoms with Crippen LogP contribution in [0.25, 0.3) is 11.4 Å². The van der Waals surface area contributed by atoms with Gasteiger partial charge in [0, 0.05) is 5.56 Å². The molecule has 1 aromatic carbocycles. The summed E-state index contributed by atoms with van der Waals surface area (Å²) in [6.07, 6.45) is 0. The summed E-state index contributed by atoms with van der Waals surface area (Å²) in [7, 11) is 1.64. The first-order valence-electron chi connectivity index (χ1n) is 6.29. The van der Waals surface area contributed by atoms with Gasteiger partial charge >= 0.3 is 0 Å². The van der Waals surface area contributed by atoms with Crippen molar-refractivity contribution in [3.8, 4) is 17.1 Å². The van der Waals surface area contributed by atoms with Crippen molar-refractivity contribution in [3.05, 3.63) is 30.2 Å². The van der Waals surface area contributed by atoms with E-state index < -0.39 is 0 Å². The zero-order chi connectivity index (χ0) is 13.9. The minimum Gasteiger partial charge on any atom is -0.497 e. The van der Waals surface area contributed by atoms with Gasteiger partial charge in [-0.1, -0.05) is 5.16 Å². The zero-order valence-corrected chi connectivity index (χ0v) is 11.8.